The van der Waals surface area contributed by atoms with Gasteiger partial charge in [0.05, 0.1) is 5.56 Å². The second-order valence-corrected chi connectivity index (χ2v) is 3.49. The van der Waals surface area contributed by atoms with Crippen LogP contribution in [0, 0.1) is 0 Å². The molecule has 0 saturated carbocycles. The Hall–Kier alpha value is -1.99. The second-order valence-electron chi connectivity index (χ2n) is 3.49. The van der Waals surface area contributed by atoms with Gasteiger partial charge in [0.2, 0.25) is 0 Å². The van der Waals surface area contributed by atoms with E-state index in [9.17, 15) is 31.5 Å². The molecule has 0 fully saturated rings. The van der Waals surface area contributed by atoms with Gasteiger partial charge in [0.1, 0.15) is 5.75 Å². The Labute approximate surface area is 104 Å². The van der Waals surface area contributed by atoms with Crippen molar-refractivity contribution in [3.63, 3.8) is 0 Å². The van der Waals surface area contributed by atoms with E-state index in [2.05, 4.69) is 4.74 Å². The predicted molar refractivity (Wildman–Crippen MR) is 53.5 cm³/mol. The SMILES string of the molecule is CC(=O)c1cc(OC(F)F)cc(C=O)c1C(F)(F)F. The molecule has 0 bridgehead atoms. The topological polar surface area (TPSA) is 43.4 Å². The molecule has 104 valence electrons. The summed E-state index contributed by atoms with van der Waals surface area (Å²) in [6, 6.07) is 1.04. The molecule has 1 rings (SSSR count). The lowest BCUT2D eigenvalue weighted by molar-refractivity contribution is -0.138. The number of halogens is 5. The summed E-state index contributed by atoms with van der Waals surface area (Å²) < 4.78 is 66.2. The molecule has 3 nitrogen and oxygen atoms in total. The third-order valence-electron chi connectivity index (χ3n) is 2.16. The molecule has 8 heteroatoms. The standard InChI is InChI=1S/C11H7F5O3/c1-5(18)8-3-7(19-10(12)13)2-6(4-17)9(8)11(14,15)16/h2-4,10H,1H3. The van der Waals surface area contributed by atoms with E-state index in [1.165, 1.54) is 0 Å². The molecule has 1 aromatic carbocycles. The van der Waals surface area contributed by atoms with Gasteiger partial charge in [0, 0.05) is 11.1 Å². The highest BCUT2D eigenvalue weighted by Gasteiger charge is 2.37. The average Bonchev–Trinajstić information content (AvgIpc) is 2.25. The van der Waals surface area contributed by atoms with Crippen LogP contribution in [0.1, 0.15) is 33.2 Å². The molecule has 19 heavy (non-hydrogen) atoms. The van der Waals surface area contributed by atoms with Gasteiger partial charge in [0.25, 0.3) is 0 Å². The van der Waals surface area contributed by atoms with Crippen molar-refractivity contribution in [3.05, 3.63) is 28.8 Å². The number of alkyl halides is 5. The van der Waals surface area contributed by atoms with Crippen molar-refractivity contribution in [1.29, 1.82) is 0 Å². The van der Waals surface area contributed by atoms with E-state index in [4.69, 9.17) is 0 Å². The first-order chi connectivity index (χ1) is 8.66. The van der Waals surface area contributed by atoms with Gasteiger partial charge in [-0.2, -0.15) is 22.0 Å². The molecule has 0 heterocycles. The maximum atomic E-state index is 12.8. The summed E-state index contributed by atoms with van der Waals surface area (Å²) in [5.74, 6) is -1.70. The van der Waals surface area contributed by atoms with E-state index in [0.29, 0.717) is 12.1 Å². The van der Waals surface area contributed by atoms with E-state index in [0.717, 1.165) is 6.92 Å². The number of carbonyl (C=O) groups excluding carboxylic acids is 2. The monoisotopic (exact) mass is 282 g/mol. The van der Waals surface area contributed by atoms with Gasteiger partial charge < -0.3 is 4.74 Å². The molecule has 0 aliphatic carbocycles. The lowest BCUT2D eigenvalue weighted by atomic mass is 9.98. The Morgan fingerprint density at radius 1 is 1.32 bits per heavy atom. The summed E-state index contributed by atoms with van der Waals surface area (Å²) in [5, 5.41) is 0. The van der Waals surface area contributed by atoms with Crippen LogP contribution in [0.3, 0.4) is 0 Å². The predicted octanol–water partition coefficient (Wildman–Crippen LogP) is 3.32. The fourth-order valence-electron chi connectivity index (χ4n) is 1.49. The molecule has 0 aliphatic heterocycles. The van der Waals surface area contributed by atoms with Crippen LogP contribution in [0.15, 0.2) is 12.1 Å². The molecule has 0 radical (unpaired) electrons. The van der Waals surface area contributed by atoms with Crippen molar-refractivity contribution in [2.75, 3.05) is 0 Å². The van der Waals surface area contributed by atoms with Crippen LogP contribution in [0.25, 0.3) is 0 Å². The summed E-state index contributed by atoms with van der Waals surface area (Å²) >= 11 is 0. The number of carbonyl (C=O) groups is 2. The lowest BCUT2D eigenvalue weighted by Gasteiger charge is -2.15. The van der Waals surface area contributed by atoms with Crippen LogP contribution < -0.4 is 4.74 Å². The molecule has 0 aliphatic rings. The minimum absolute atomic E-state index is 0.173. The van der Waals surface area contributed by atoms with Gasteiger partial charge in [0.15, 0.2) is 12.1 Å². The highest BCUT2D eigenvalue weighted by atomic mass is 19.4. The Bertz CT molecular complexity index is 508. The van der Waals surface area contributed by atoms with Gasteiger partial charge in [-0.3, -0.25) is 9.59 Å². The maximum absolute atomic E-state index is 12.8. The van der Waals surface area contributed by atoms with Crippen molar-refractivity contribution in [1.82, 2.24) is 0 Å². The zero-order valence-corrected chi connectivity index (χ0v) is 9.42. The fourth-order valence-corrected chi connectivity index (χ4v) is 1.49. The fraction of sp³-hybridized carbons (Fsp3) is 0.273. The lowest BCUT2D eigenvalue weighted by Crippen LogP contribution is -2.16. The Balaban J connectivity index is 3.54. The Kier molecular flexibility index (Phi) is 4.23. The molecule has 0 N–H and O–H groups in total. The van der Waals surface area contributed by atoms with Crippen LogP contribution in [0.4, 0.5) is 22.0 Å². The third kappa shape index (κ3) is 3.49. The van der Waals surface area contributed by atoms with Crippen molar-refractivity contribution in [2.45, 2.75) is 19.7 Å². The molecule has 0 aromatic heterocycles. The molecule has 1 aromatic rings. The van der Waals surface area contributed by atoms with E-state index in [1.54, 1.807) is 0 Å². The van der Waals surface area contributed by atoms with Crippen molar-refractivity contribution < 1.29 is 36.3 Å². The minimum atomic E-state index is -4.96. The zero-order chi connectivity index (χ0) is 14.8. The number of ether oxygens (including phenoxy) is 1. The van der Waals surface area contributed by atoms with Gasteiger partial charge in [-0.25, -0.2) is 0 Å². The number of ketones is 1. The van der Waals surface area contributed by atoms with E-state index in [1.807, 2.05) is 0 Å². The number of hydrogen-bond donors (Lipinski definition) is 0. The first-order valence-corrected chi connectivity index (χ1v) is 4.83. The molecule has 0 saturated heterocycles. The van der Waals surface area contributed by atoms with Crippen molar-refractivity contribution in [3.8, 4) is 5.75 Å². The van der Waals surface area contributed by atoms with E-state index < -0.39 is 41.0 Å². The van der Waals surface area contributed by atoms with E-state index in [-0.39, 0.29) is 6.29 Å². The number of Topliss-reactive ketones (excluding diaryl/α,β-unsaturated/α-hetero) is 1. The molecular formula is C11H7F5O3. The van der Waals surface area contributed by atoms with Crippen molar-refractivity contribution in [2.24, 2.45) is 0 Å². The Morgan fingerprint density at radius 2 is 1.89 bits per heavy atom. The molecule has 0 atom stereocenters. The summed E-state index contributed by atoms with van der Waals surface area (Å²) in [6.07, 6.45) is -5.13. The minimum Gasteiger partial charge on any atom is -0.435 e. The number of aldehydes is 1. The first-order valence-electron chi connectivity index (χ1n) is 4.83. The summed E-state index contributed by atoms with van der Waals surface area (Å²) in [4.78, 5) is 21.8. The second kappa shape index (κ2) is 5.33. The summed E-state index contributed by atoms with van der Waals surface area (Å²) in [7, 11) is 0. The van der Waals surface area contributed by atoms with Crippen LogP contribution in [0.5, 0.6) is 5.75 Å². The van der Waals surface area contributed by atoms with E-state index >= 15 is 0 Å². The van der Waals surface area contributed by atoms with Crippen molar-refractivity contribution >= 4 is 12.1 Å². The van der Waals surface area contributed by atoms with Crippen LogP contribution >= 0.6 is 0 Å². The van der Waals surface area contributed by atoms with Crippen LogP contribution in [0.2, 0.25) is 0 Å². The number of rotatable bonds is 4. The Morgan fingerprint density at radius 3 is 2.26 bits per heavy atom. The maximum Gasteiger partial charge on any atom is 0.417 e. The highest BCUT2D eigenvalue weighted by Crippen LogP contribution is 2.37. The summed E-state index contributed by atoms with van der Waals surface area (Å²) in [6.45, 7) is -2.46. The highest BCUT2D eigenvalue weighted by molar-refractivity contribution is 5.98. The average molecular weight is 282 g/mol. The molecular weight excluding hydrogens is 275 g/mol. The number of hydrogen-bond acceptors (Lipinski definition) is 3. The van der Waals surface area contributed by atoms with Gasteiger partial charge in [-0.1, -0.05) is 0 Å². The smallest absolute Gasteiger partial charge is 0.417 e. The first kappa shape index (κ1) is 15.1. The third-order valence-corrected chi connectivity index (χ3v) is 2.16. The quantitative estimate of drug-likeness (QED) is 0.483. The zero-order valence-electron chi connectivity index (χ0n) is 9.42. The summed E-state index contributed by atoms with van der Waals surface area (Å²) in [5.41, 5.74) is -3.29. The number of benzene rings is 1. The molecule has 0 amide bonds. The van der Waals surface area contributed by atoms with Crippen LogP contribution in [-0.2, 0) is 6.18 Å². The largest absolute Gasteiger partial charge is 0.435 e. The molecule has 0 spiro atoms. The normalized spacial score (nSPS) is 11.5. The van der Waals surface area contributed by atoms with Crippen LogP contribution in [-0.4, -0.2) is 18.7 Å². The van der Waals surface area contributed by atoms with Gasteiger partial charge in [-0.05, 0) is 19.1 Å². The molecule has 0 unspecified atom stereocenters. The van der Waals surface area contributed by atoms with Gasteiger partial charge in [-0.15, -0.1) is 0 Å². The van der Waals surface area contributed by atoms with Gasteiger partial charge >= 0.3 is 12.8 Å².